The van der Waals surface area contributed by atoms with Gasteiger partial charge in [-0.3, -0.25) is 0 Å². The van der Waals surface area contributed by atoms with Crippen LogP contribution in [0.5, 0.6) is 0 Å². The normalized spacial score (nSPS) is 13.0. The van der Waals surface area contributed by atoms with Gasteiger partial charge in [0.25, 0.3) is 6.71 Å². The lowest BCUT2D eigenvalue weighted by atomic mass is 9.36. The third-order valence-electron chi connectivity index (χ3n) is 18.1. The number of hydrogen-bond acceptors (Lipinski definition) is 3. The van der Waals surface area contributed by atoms with Crippen LogP contribution in [0, 0.1) is 0 Å². The van der Waals surface area contributed by atoms with Crippen molar-refractivity contribution in [2.45, 2.75) is 52.4 Å². The quantitative estimate of drug-likeness (QED) is 0.116. The van der Waals surface area contributed by atoms with E-state index in [1.165, 1.54) is 153 Å². The molecule has 0 amide bonds. The molecule has 16 rings (SSSR count). The van der Waals surface area contributed by atoms with E-state index in [0.29, 0.717) is 0 Å². The van der Waals surface area contributed by atoms with Crippen LogP contribution in [-0.2, 0) is 10.8 Å². The van der Waals surface area contributed by atoms with Crippen molar-refractivity contribution >= 4 is 110 Å². The fourth-order valence-corrected chi connectivity index (χ4v) is 15.4. The van der Waals surface area contributed by atoms with Crippen molar-refractivity contribution in [3.8, 4) is 55.6 Å². The second kappa shape index (κ2) is 19.0. The minimum Gasteiger partial charge on any atom is -0.311 e. The zero-order valence-corrected chi connectivity index (χ0v) is 49.0. The first-order valence-electron chi connectivity index (χ1n) is 29.6. The second-order valence-corrected chi connectivity index (χ2v) is 26.3. The highest BCUT2D eigenvalue weighted by Crippen LogP contribution is 2.53. The molecule has 400 valence electrons. The molecule has 2 aliphatic heterocycles. The molecular weight excluding hydrogens is 1030 g/mol. The van der Waals surface area contributed by atoms with Gasteiger partial charge in [-0.25, -0.2) is 0 Å². The van der Waals surface area contributed by atoms with E-state index in [9.17, 15) is 0 Å². The molecule has 3 heterocycles. The average Bonchev–Trinajstić information content (AvgIpc) is 2.03. The largest absolute Gasteiger partial charge is 0.311 e. The Labute approximate surface area is 497 Å². The van der Waals surface area contributed by atoms with Gasteiger partial charge in [0.2, 0.25) is 0 Å². The number of thiophene rings is 1. The molecule has 0 N–H and O–H groups in total. The highest BCUT2D eigenvalue weighted by atomic mass is 32.1. The second-order valence-electron chi connectivity index (χ2n) is 25.2. The summed E-state index contributed by atoms with van der Waals surface area (Å²) in [6.07, 6.45) is 0. The van der Waals surface area contributed by atoms with Crippen molar-refractivity contribution < 1.29 is 0 Å². The van der Waals surface area contributed by atoms with Gasteiger partial charge in [0.1, 0.15) is 0 Å². The van der Waals surface area contributed by atoms with E-state index in [0.717, 1.165) is 5.69 Å². The summed E-state index contributed by atoms with van der Waals surface area (Å²) in [5.74, 6) is 0. The minimum absolute atomic E-state index is 0.0704. The van der Waals surface area contributed by atoms with Gasteiger partial charge in [-0.2, -0.15) is 0 Å². The smallest absolute Gasteiger partial charge is 0.264 e. The maximum absolute atomic E-state index is 2.68. The number of anilines is 6. The fraction of sp³-hybridized carbons (Fsp3) is 0.100. The highest BCUT2D eigenvalue weighted by molar-refractivity contribution is 7.33. The highest BCUT2D eigenvalue weighted by Gasteiger charge is 2.46. The molecule has 14 aromatic rings. The first kappa shape index (κ1) is 50.3. The van der Waals surface area contributed by atoms with Crippen LogP contribution in [0.1, 0.15) is 52.7 Å². The van der Waals surface area contributed by atoms with E-state index >= 15 is 0 Å². The van der Waals surface area contributed by atoms with E-state index in [2.05, 4.69) is 312 Å². The minimum atomic E-state index is -0.105. The average molecular weight is 1090 g/mol. The van der Waals surface area contributed by atoms with Crippen LogP contribution in [0.25, 0.3) is 98.0 Å². The molecule has 0 spiro atoms. The van der Waals surface area contributed by atoms with E-state index in [1.807, 2.05) is 11.3 Å². The monoisotopic (exact) mass is 1090 g/mol. The molecular formula is C80H61BN2S. The van der Waals surface area contributed by atoms with Crippen molar-refractivity contribution in [2.75, 3.05) is 9.80 Å². The molecule has 0 saturated carbocycles. The van der Waals surface area contributed by atoms with Gasteiger partial charge in [-0.1, -0.05) is 248 Å². The standard InChI is InChI=1S/C80H61BN2S/c1-79(2,3)58-38-44-69(65(48-58)62-40-34-55-33-32-53-26-18-27-54-35-41-63(62)75(55)74(53)54)83-71-31-19-30-70-76(71)81(78-77(83)66-46-56(37-45-73(66)84-78)50-20-10-7-11-21-50)68-43-36-57(61-29-17-16-28-60(61)51-22-12-8-13-23-51)47-72(68)82(70)59-39-42-67(80(4,5)6)64(49-59)52-24-14-9-15-25-52/h7-49H,1-6H3. The molecule has 4 heteroatoms. The summed E-state index contributed by atoms with van der Waals surface area (Å²) in [4.78, 5) is 5.29. The molecule has 84 heavy (non-hydrogen) atoms. The van der Waals surface area contributed by atoms with Crippen LogP contribution in [0.3, 0.4) is 0 Å². The SMILES string of the molecule is CC(C)(C)c1ccc(N2c3cccc4c3B(c3ccc(-c5ccccc5-c5ccccc5)cc3N4c3ccc(C(C)(C)C)c(-c4ccccc4)c3)c3sc4ccc(-c5ccccc5)cc4c32)c(-c2ccc3ccc4cccc5ccc2c3c45)c1. The van der Waals surface area contributed by atoms with Crippen LogP contribution < -0.4 is 25.5 Å². The summed E-state index contributed by atoms with van der Waals surface area (Å²) in [7, 11) is 0. The predicted octanol–water partition coefficient (Wildman–Crippen LogP) is 20.8. The van der Waals surface area contributed by atoms with Crippen LogP contribution in [-0.4, -0.2) is 6.71 Å². The first-order valence-corrected chi connectivity index (χ1v) is 30.4. The Morgan fingerprint density at radius 3 is 1.65 bits per heavy atom. The van der Waals surface area contributed by atoms with E-state index in [4.69, 9.17) is 0 Å². The number of rotatable bonds is 7. The molecule has 2 nitrogen and oxygen atoms in total. The van der Waals surface area contributed by atoms with Crippen molar-refractivity contribution in [3.63, 3.8) is 0 Å². The van der Waals surface area contributed by atoms with E-state index in [1.54, 1.807) is 0 Å². The molecule has 0 radical (unpaired) electrons. The third-order valence-corrected chi connectivity index (χ3v) is 19.3. The summed E-state index contributed by atoms with van der Waals surface area (Å²) in [6.45, 7) is 14.0. The Morgan fingerprint density at radius 2 is 0.952 bits per heavy atom. The maximum Gasteiger partial charge on any atom is 0.264 e. The van der Waals surface area contributed by atoms with Gasteiger partial charge in [-0.05, 0) is 170 Å². The molecule has 13 aromatic carbocycles. The first-order chi connectivity index (χ1) is 40.9. The molecule has 0 bridgehead atoms. The molecule has 0 fully saturated rings. The Morgan fingerprint density at radius 1 is 0.345 bits per heavy atom. The molecule has 0 saturated heterocycles. The lowest BCUT2D eigenvalue weighted by Crippen LogP contribution is -2.60. The number of hydrogen-bond donors (Lipinski definition) is 0. The number of nitrogens with zero attached hydrogens (tertiary/aromatic N) is 2. The van der Waals surface area contributed by atoms with Gasteiger partial charge >= 0.3 is 0 Å². The summed E-state index contributed by atoms with van der Waals surface area (Å²) in [6, 6.07) is 98.8. The van der Waals surface area contributed by atoms with Crippen LogP contribution in [0.2, 0.25) is 0 Å². The summed E-state index contributed by atoms with van der Waals surface area (Å²) >= 11 is 1.96. The summed E-state index contributed by atoms with van der Waals surface area (Å²) in [5.41, 5.74) is 24.3. The lowest BCUT2D eigenvalue weighted by Gasteiger charge is -2.44. The molecule has 0 atom stereocenters. The summed E-state index contributed by atoms with van der Waals surface area (Å²) in [5, 5.41) is 9.00. The number of fused-ring (bicyclic) bond motifs is 6. The van der Waals surface area contributed by atoms with Crippen LogP contribution in [0.15, 0.2) is 261 Å². The van der Waals surface area contributed by atoms with Gasteiger partial charge < -0.3 is 9.80 Å². The van der Waals surface area contributed by atoms with Crippen molar-refractivity contribution in [2.24, 2.45) is 0 Å². The Hall–Kier alpha value is -9.48. The van der Waals surface area contributed by atoms with Gasteiger partial charge in [0, 0.05) is 43.2 Å². The van der Waals surface area contributed by atoms with Crippen molar-refractivity contribution in [3.05, 3.63) is 272 Å². The van der Waals surface area contributed by atoms with Crippen LogP contribution >= 0.6 is 11.3 Å². The van der Waals surface area contributed by atoms with Gasteiger partial charge in [0.15, 0.2) is 0 Å². The Kier molecular flexibility index (Phi) is 11.4. The lowest BCUT2D eigenvalue weighted by molar-refractivity contribution is 0.590. The topological polar surface area (TPSA) is 6.48 Å². The molecule has 0 aliphatic carbocycles. The molecule has 0 unspecified atom stereocenters. The van der Waals surface area contributed by atoms with Gasteiger partial charge in [0.05, 0.1) is 11.4 Å². The Bertz CT molecular complexity index is 4910. The molecule has 1 aromatic heterocycles. The maximum atomic E-state index is 2.68. The Balaban J connectivity index is 1.01. The summed E-state index contributed by atoms with van der Waals surface area (Å²) < 4.78 is 2.63. The zero-order valence-electron chi connectivity index (χ0n) is 48.2. The van der Waals surface area contributed by atoms with Crippen molar-refractivity contribution in [1.82, 2.24) is 0 Å². The van der Waals surface area contributed by atoms with Gasteiger partial charge in [-0.15, -0.1) is 11.3 Å². The van der Waals surface area contributed by atoms with E-state index < -0.39 is 0 Å². The third kappa shape index (κ3) is 7.91. The number of benzene rings is 13. The fourth-order valence-electron chi connectivity index (χ4n) is 14.1. The van der Waals surface area contributed by atoms with E-state index in [-0.39, 0.29) is 17.5 Å². The zero-order chi connectivity index (χ0) is 56.6. The molecule has 2 aliphatic rings. The predicted molar refractivity (Wildman–Crippen MR) is 364 cm³/mol. The van der Waals surface area contributed by atoms with Crippen molar-refractivity contribution in [1.29, 1.82) is 0 Å². The van der Waals surface area contributed by atoms with Crippen LogP contribution in [0.4, 0.5) is 34.1 Å².